The molecule has 5 heteroatoms. The second-order valence-corrected chi connectivity index (χ2v) is 5.37. The molecule has 0 spiro atoms. The van der Waals surface area contributed by atoms with Gasteiger partial charge in [0.25, 0.3) is 0 Å². The van der Waals surface area contributed by atoms with E-state index in [2.05, 4.69) is 24.3 Å². The van der Waals surface area contributed by atoms with Gasteiger partial charge in [0.05, 0.1) is 0 Å². The van der Waals surface area contributed by atoms with E-state index in [0.29, 0.717) is 24.4 Å². The summed E-state index contributed by atoms with van der Waals surface area (Å²) in [4.78, 5) is 10.9. The summed E-state index contributed by atoms with van der Waals surface area (Å²) in [6.07, 6.45) is 3.67. The van der Waals surface area contributed by atoms with E-state index in [9.17, 15) is 4.79 Å². The second kappa shape index (κ2) is 5.75. The van der Waals surface area contributed by atoms with Gasteiger partial charge in [-0.3, -0.25) is 5.43 Å². The van der Waals surface area contributed by atoms with Crippen molar-refractivity contribution >= 4 is 5.97 Å². The number of aromatic carboxylic acids is 1. The molecule has 1 saturated heterocycles. The van der Waals surface area contributed by atoms with Crippen LogP contribution in [0.25, 0.3) is 0 Å². The minimum Gasteiger partial charge on any atom is -0.475 e. The fourth-order valence-corrected chi connectivity index (χ4v) is 2.71. The predicted molar refractivity (Wildman–Crippen MR) is 71.9 cm³/mol. The van der Waals surface area contributed by atoms with Gasteiger partial charge in [-0.25, -0.2) is 9.80 Å². The Kier molecular flexibility index (Phi) is 4.27. The lowest BCUT2D eigenvalue weighted by Gasteiger charge is -2.39. The van der Waals surface area contributed by atoms with Crippen LogP contribution in [-0.2, 0) is 6.54 Å². The number of carbonyl (C=O) groups is 1. The van der Waals surface area contributed by atoms with E-state index in [1.54, 1.807) is 13.0 Å². The summed E-state index contributed by atoms with van der Waals surface area (Å²) in [5.74, 6) is -0.342. The van der Waals surface area contributed by atoms with E-state index >= 15 is 0 Å². The summed E-state index contributed by atoms with van der Waals surface area (Å²) in [5.41, 5.74) is 4.32. The Morgan fingerprint density at radius 3 is 2.63 bits per heavy atom. The molecule has 0 aliphatic carbocycles. The number of carboxylic acids is 1. The Labute approximate surface area is 113 Å². The van der Waals surface area contributed by atoms with Gasteiger partial charge in [-0.15, -0.1) is 0 Å². The Hall–Kier alpha value is -1.33. The molecule has 1 aliphatic rings. The Morgan fingerprint density at radius 2 is 2.11 bits per heavy atom. The van der Waals surface area contributed by atoms with Crippen molar-refractivity contribution in [2.24, 2.45) is 0 Å². The van der Waals surface area contributed by atoms with E-state index in [1.165, 1.54) is 19.3 Å². The summed E-state index contributed by atoms with van der Waals surface area (Å²) >= 11 is 0. The Morgan fingerprint density at radius 1 is 1.47 bits per heavy atom. The van der Waals surface area contributed by atoms with Crippen LogP contribution < -0.4 is 5.43 Å². The average molecular weight is 266 g/mol. The van der Waals surface area contributed by atoms with Crippen molar-refractivity contribution in [1.29, 1.82) is 0 Å². The lowest BCUT2D eigenvalue weighted by atomic mass is 10.00. The van der Waals surface area contributed by atoms with Crippen molar-refractivity contribution in [3.8, 4) is 0 Å². The average Bonchev–Trinajstić information content (AvgIpc) is 2.70. The van der Waals surface area contributed by atoms with Crippen molar-refractivity contribution in [2.45, 2.75) is 58.7 Å². The topological polar surface area (TPSA) is 65.7 Å². The van der Waals surface area contributed by atoms with E-state index < -0.39 is 5.97 Å². The molecule has 1 aliphatic heterocycles. The van der Waals surface area contributed by atoms with E-state index in [4.69, 9.17) is 9.52 Å². The minimum absolute atomic E-state index is 0.00837. The molecule has 106 valence electrons. The number of nitrogens with one attached hydrogen (secondary N) is 1. The number of furan rings is 1. The first-order valence-corrected chi connectivity index (χ1v) is 6.83. The van der Waals surface area contributed by atoms with Crippen LogP contribution in [-0.4, -0.2) is 28.2 Å². The first kappa shape index (κ1) is 14.1. The molecule has 0 saturated carbocycles. The SMILES string of the molecule is Cc1oc(C(=O)O)cc1CNN1C(C)CCCC1C. The van der Waals surface area contributed by atoms with Crippen molar-refractivity contribution < 1.29 is 14.3 Å². The lowest BCUT2D eigenvalue weighted by molar-refractivity contribution is 0.0434. The van der Waals surface area contributed by atoms with Crippen LogP contribution in [0.5, 0.6) is 0 Å². The number of hydrogen-bond acceptors (Lipinski definition) is 4. The van der Waals surface area contributed by atoms with Crippen LogP contribution >= 0.6 is 0 Å². The van der Waals surface area contributed by atoms with Gasteiger partial charge < -0.3 is 9.52 Å². The van der Waals surface area contributed by atoms with Gasteiger partial charge in [0.2, 0.25) is 5.76 Å². The molecule has 5 nitrogen and oxygen atoms in total. The standard InChI is InChI=1S/C14H22N2O3/c1-9-5-4-6-10(2)16(9)15-8-12-7-13(14(17)18)19-11(12)3/h7,9-10,15H,4-6,8H2,1-3H3,(H,17,18). The van der Waals surface area contributed by atoms with Gasteiger partial charge >= 0.3 is 5.97 Å². The third-order valence-corrected chi connectivity index (χ3v) is 3.88. The molecule has 2 unspecified atom stereocenters. The summed E-state index contributed by atoms with van der Waals surface area (Å²) < 4.78 is 5.21. The maximum atomic E-state index is 10.9. The highest BCUT2D eigenvalue weighted by atomic mass is 16.4. The van der Waals surface area contributed by atoms with Crippen LogP contribution in [0, 0.1) is 6.92 Å². The van der Waals surface area contributed by atoms with Crippen molar-refractivity contribution in [3.63, 3.8) is 0 Å². The zero-order valence-electron chi connectivity index (χ0n) is 11.8. The number of rotatable bonds is 4. The summed E-state index contributed by atoms with van der Waals surface area (Å²) in [6.45, 7) is 6.84. The summed E-state index contributed by atoms with van der Waals surface area (Å²) in [7, 11) is 0. The molecule has 2 rings (SSSR count). The fraction of sp³-hybridized carbons (Fsp3) is 0.643. The molecule has 0 bridgehead atoms. The van der Waals surface area contributed by atoms with Gasteiger partial charge in [0.15, 0.2) is 0 Å². The van der Waals surface area contributed by atoms with Crippen LogP contribution in [0.15, 0.2) is 10.5 Å². The Bertz CT molecular complexity index is 446. The highest BCUT2D eigenvalue weighted by Crippen LogP contribution is 2.21. The van der Waals surface area contributed by atoms with Gasteiger partial charge in [0, 0.05) is 24.2 Å². The van der Waals surface area contributed by atoms with Gasteiger partial charge in [-0.1, -0.05) is 6.42 Å². The quantitative estimate of drug-likeness (QED) is 0.876. The van der Waals surface area contributed by atoms with E-state index in [0.717, 1.165) is 5.56 Å². The number of hydrazine groups is 1. The van der Waals surface area contributed by atoms with Crippen molar-refractivity contribution in [2.75, 3.05) is 0 Å². The highest BCUT2D eigenvalue weighted by Gasteiger charge is 2.24. The smallest absolute Gasteiger partial charge is 0.371 e. The third-order valence-electron chi connectivity index (χ3n) is 3.88. The number of nitrogens with zero attached hydrogens (tertiary/aromatic N) is 1. The van der Waals surface area contributed by atoms with Gasteiger partial charge in [-0.2, -0.15) is 0 Å². The predicted octanol–water partition coefficient (Wildman–Crippen LogP) is 2.55. The molecule has 19 heavy (non-hydrogen) atoms. The number of hydrogen-bond donors (Lipinski definition) is 2. The highest BCUT2D eigenvalue weighted by molar-refractivity contribution is 5.84. The summed E-state index contributed by atoms with van der Waals surface area (Å²) in [6, 6.07) is 2.62. The molecule has 2 atom stereocenters. The van der Waals surface area contributed by atoms with Gasteiger partial charge in [0.1, 0.15) is 5.76 Å². The third kappa shape index (κ3) is 3.16. The summed E-state index contributed by atoms with van der Waals surface area (Å²) in [5, 5.41) is 11.2. The van der Waals surface area contributed by atoms with E-state index in [-0.39, 0.29) is 5.76 Å². The van der Waals surface area contributed by atoms with Crippen molar-refractivity contribution in [1.82, 2.24) is 10.4 Å². The molecule has 2 heterocycles. The molecule has 2 N–H and O–H groups in total. The molecule has 0 aromatic carbocycles. The monoisotopic (exact) mass is 266 g/mol. The van der Waals surface area contributed by atoms with E-state index in [1.807, 2.05) is 0 Å². The van der Waals surface area contributed by atoms with Crippen LogP contribution in [0.3, 0.4) is 0 Å². The molecular weight excluding hydrogens is 244 g/mol. The maximum Gasteiger partial charge on any atom is 0.371 e. The van der Waals surface area contributed by atoms with Crippen LogP contribution in [0.4, 0.5) is 0 Å². The number of carboxylic acid groups (broad SMARTS) is 1. The zero-order chi connectivity index (χ0) is 14.0. The molecule has 1 fully saturated rings. The first-order chi connectivity index (χ1) is 8.99. The molecule has 1 aromatic rings. The fourth-order valence-electron chi connectivity index (χ4n) is 2.71. The van der Waals surface area contributed by atoms with Crippen molar-refractivity contribution in [3.05, 3.63) is 23.2 Å². The van der Waals surface area contributed by atoms with Crippen LogP contribution in [0.2, 0.25) is 0 Å². The minimum atomic E-state index is -1.02. The first-order valence-electron chi connectivity index (χ1n) is 6.83. The molecular formula is C14H22N2O3. The molecule has 0 amide bonds. The molecule has 0 radical (unpaired) electrons. The number of piperidine rings is 1. The molecule has 1 aromatic heterocycles. The zero-order valence-corrected chi connectivity index (χ0v) is 11.8. The Balaban J connectivity index is 1.99. The maximum absolute atomic E-state index is 10.9. The largest absolute Gasteiger partial charge is 0.475 e. The lowest BCUT2D eigenvalue weighted by Crippen LogP contribution is -2.51. The van der Waals surface area contributed by atoms with Gasteiger partial charge in [-0.05, 0) is 39.7 Å². The normalized spacial score (nSPS) is 24.6. The number of aryl methyl sites for hydroxylation is 1. The van der Waals surface area contributed by atoms with Crippen LogP contribution in [0.1, 0.15) is 55.0 Å². The second-order valence-electron chi connectivity index (χ2n) is 5.37.